The lowest BCUT2D eigenvalue weighted by Gasteiger charge is -2.17. The minimum atomic E-state index is -0.0892. The first-order valence-corrected chi connectivity index (χ1v) is 9.14. The minimum absolute atomic E-state index is 0.0892. The summed E-state index contributed by atoms with van der Waals surface area (Å²) in [5.41, 5.74) is 1.12. The van der Waals surface area contributed by atoms with Crippen molar-refractivity contribution in [2.24, 2.45) is 4.99 Å². The molecule has 1 amide bonds. The topological polar surface area (TPSA) is 77.3 Å². The van der Waals surface area contributed by atoms with Crippen molar-refractivity contribution in [3.8, 4) is 6.19 Å². The third-order valence-electron chi connectivity index (χ3n) is 3.92. The Morgan fingerprint density at radius 1 is 1.26 bits per heavy atom. The number of benzene rings is 1. The molecule has 1 aliphatic rings. The predicted molar refractivity (Wildman–Crippen MR) is 94.8 cm³/mol. The fourth-order valence-electron chi connectivity index (χ4n) is 2.73. The van der Waals surface area contributed by atoms with Crippen LogP contribution < -0.4 is 10.6 Å². The summed E-state index contributed by atoms with van der Waals surface area (Å²) in [6.07, 6.45) is 10.6. The van der Waals surface area contributed by atoms with Crippen molar-refractivity contribution in [1.82, 2.24) is 10.6 Å². The van der Waals surface area contributed by atoms with E-state index in [-0.39, 0.29) is 11.9 Å². The number of para-hydroxylation sites is 1. The molecule has 0 radical (unpaired) electrons. The molecule has 0 bridgehead atoms. The third kappa shape index (κ3) is 5.29. The van der Waals surface area contributed by atoms with Gasteiger partial charge in [-0.15, -0.1) is 0 Å². The Kier molecular flexibility index (Phi) is 6.95. The summed E-state index contributed by atoms with van der Waals surface area (Å²) in [5.74, 6) is -0.0892. The molecule has 122 valence electrons. The molecule has 0 aromatic heterocycles. The number of hydrogen-bond acceptors (Lipinski definition) is 4. The van der Waals surface area contributed by atoms with Crippen LogP contribution in [0.3, 0.4) is 0 Å². The Bertz CT molecular complexity index is 601. The normalized spacial score (nSPS) is 16.3. The van der Waals surface area contributed by atoms with Gasteiger partial charge in [0.2, 0.25) is 0 Å². The van der Waals surface area contributed by atoms with E-state index in [1.165, 1.54) is 37.4 Å². The minimum Gasteiger partial charge on any atom is -0.349 e. The quantitative estimate of drug-likeness (QED) is 0.292. The first kappa shape index (κ1) is 17.4. The number of amides is 1. The Morgan fingerprint density at radius 3 is 2.61 bits per heavy atom. The number of nitriles is 1. The summed E-state index contributed by atoms with van der Waals surface area (Å²) >= 11 is 1.33. The Hall–Kier alpha value is -2.00. The first-order valence-electron chi connectivity index (χ1n) is 7.92. The van der Waals surface area contributed by atoms with Gasteiger partial charge in [-0.25, -0.2) is 4.99 Å². The number of nitrogens with zero attached hydrogens (tertiary/aromatic N) is 2. The Balaban J connectivity index is 2.15. The van der Waals surface area contributed by atoms with Crippen LogP contribution in [-0.4, -0.2) is 23.4 Å². The molecule has 1 aliphatic carbocycles. The van der Waals surface area contributed by atoms with Gasteiger partial charge in [-0.05, 0) is 31.2 Å². The first-order chi connectivity index (χ1) is 11.2. The molecule has 1 aromatic rings. The van der Waals surface area contributed by atoms with Gasteiger partial charge in [0, 0.05) is 6.04 Å². The van der Waals surface area contributed by atoms with Crippen molar-refractivity contribution in [2.75, 3.05) is 6.26 Å². The molecule has 0 atom stereocenters. The lowest BCUT2D eigenvalue weighted by atomic mass is 10.1. The van der Waals surface area contributed by atoms with Crippen LogP contribution in [0.25, 0.3) is 0 Å². The largest absolute Gasteiger partial charge is 0.349 e. The van der Waals surface area contributed by atoms with E-state index in [2.05, 4.69) is 15.6 Å². The van der Waals surface area contributed by atoms with Crippen LogP contribution in [0.5, 0.6) is 0 Å². The molecule has 0 unspecified atom stereocenters. The number of hydrogen-bond donors (Lipinski definition) is 2. The second-order valence-corrected chi connectivity index (χ2v) is 6.33. The average molecular weight is 330 g/mol. The van der Waals surface area contributed by atoms with Gasteiger partial charge in [-0.3, -0.25) is 10.1 Å². The van der Waals surface area contributed by atoms with Crippen LogP contribution in [0.15, 0.2) is 29.3 Å². The van der Waals surface area contributed by atoms with E-state index in [4.69, 9.17) is 5.26 Å². The summed E-state index contributed by atoms with van der Waals surface area (Å²) in [6, 6.07) is 7.48. The van der Waals surface area contributed by atoms with Gasteiger partial charge in [0.15, 0.2) is 11.4 Å². The zero-order valence-electron chi connectivity index (χ0n) is 13.3. The molecular formula is C17H22N4OS. The van der Waals surface area contributed by atoms with Crippen LogP contribution in [0.4, 0.5) is 5.69 Å². The zero-order chi connectivity index (χ0) is 16.5. The lowest BCUT2D eigenvalue weighted by Crippen LogP contribution is -2.34. The van der Waals surface area contributed by atoms with E-state index in [0.29, 0.717) is 16.4 Å². The smallest absolute Gasteiger partial charge is 0.253 e. The highest BCUT2D eigenvalue weighted by molar-refractivity contribution is 8.13. The number of nitrogens with one attached hydrogen (secondary N) is 2. The zero-order valence-corrected chi connectivity index (χ0v) is 14.2. The van der Waals surface area contributed by atoms with Crippen molar-refractivity contribution in [2.45, 2.75) is 44.6 Å². The molecular weight excluding hydrogens is 308 g/mol. The van der Waals surface area contributed by atoms with Crippen molar-refractivity contribution in [1.29, 1.82) is 5.26 Å². The lowest BCUT2D eigenvalue weighted by molar-refractivity contribution is 0.0934. The maximum atomic E-state index is 12.6. The van der Waals surface area contributed by atoms with E-state index in [1.807, 2.05) is 24.6 Å². The molecule has 2 rings (SSSR count). The Morgan fingerprint density at radius 2 is 1.96 bits per heavy atom. The monoisotopic (exact) mass is 330 g/mol. The van der Waals surface area contributed by atoms with E-state index >= 15 is 0 Å². The molecule has 0 saturated heterocycles. The van der Waals surface area contributed by atoms with Gasteiger partial charge in [0.25, 0.3) is 5.91 Å². The standard InChI is InChI=1S/C17H22N4OS/c1-23-17(19-12-18)21-15-11-7-6-10-14(15)16(22)20-13-8-4-2-3-5-9-13/h6-7,10-11,13H,2-5,8-9H2,1H3,(H,19,21)(H,20,22). The molecule has 23 heavy (non-hydrogen) atoms. The Labute approximate surface area is 141 Å². The van der Waals surface area contributed by atoms with Gasteiger partial charge < -0.3 is 5.32 Å². The summed E-state index contributed by atoms with van der Waals surface area (Å²) in [7, 11) is 0. The van der Waals surface area contributed by atoms with Gasteiger partial charge in [0.1, 0.15) is 0 Å². The predicted octanol–water partition coefficient (Wildman–Crippen LogP) is 3.56. The second kappa shape index (κ2) is 9.21. The van der Waals surface area contributed by atoms with E-state index in [0.717, 1.165) is 12.8 Å². The number of carbonyl (C=O) groups is 1. The van der Waals surface area contributed by atoms with E-state index in [1.54, 1.807) is 12.1 Å². The van der Waals surface area contributed by atoms with Gasteiger partial charge >= 0.3 is 0 Å². The van der Waals surface area contributed by atoms with Crippen molar-refractivity contribution in [3.05, 3.63) is 29.8 Å². The van der Waals surface area contributed by atoms with Gasteiger partial charge in [0.05, 0.1) is 11.3 Å². The molecule has 1 aromatic carbocycles. The molecule has 0 heterocycles. The van der Waals surface area contributed by atoms with Crippen LogP contribution in [0.2, 0.25) is 0 Å². The molecule has 6 heteroatoms. The van der Waals surface area contributed by atoms with Crippen LogP contribution >= 0.6 is 11.8 Å². The SMILES string of the molecule is CSC(=Nc1ccccc1C(=O)NC1CCCCCC1)NC#N. The van der Waals surface area contributed by atoms with E-state index < -0.39 is 0 Å². The molecule has 0 spiro atoms. The van der Waals surface area contributed by atoms with Crippen LogP contribution in [0, 0.1) is 11.5 Å². The summed E-state index contributed by atoms with van der Waals surface area (Å²) < 4.78 is 0. The highest BCUT2D eigenvalue weighted by Gasteiger charge is 2.17. The molecule has 1 fully saturated rings. The highest BCUT2D eigenvalue weighted by Crippen LogP contribution is 2.22. The van der Waals surface area contributed by atoms with Crippen molar-refractivity contribution >= 4 is 28.5 Å². The average Bonchev–Trinajstić information content (AvgIpc) is 2.83. The number of thioether (sulfide) groups is 1. The summed E-state index contributed by atoms with van der Waals surface area (Å²) in [5, 5.41) is 14.9. The summed E-state index contributed by atoms with van der Waals surface area (Å²) in [4.78, 5) is 17.0. The molecule has 0 aliphatic heterocycles. The van der Waals surface area contributed by atoms with Crippen LogP contribution in [0.1, 0.15) is 48.9 Å². The number of amidine groups is 1. The maximum absolute atomic E-state index is 12.6. The van der Waals surface area contributed by atoms with Crippen LogP contribution in [-0.2, 0) is 0 Å². The van der Waals surface area contributed by atoms with Crippen molar-refractivity contribution in [3.63, 3.8) is 0 Å². The fourth-order valence-corrected chi connectivity index (χ4v) is 3.07. The van der Waals surface area contributed by atoms with Gasteiger partial charge in [-0.2, -0.15) is 5.26 Å². The second-order valence-electron chi connectivity index (χ2n) is 5.54. The maximum Gasteiger partial charge on any atom is 0.253 e. The summed E-state index contributed by atoms with van der Waals surface area (Å²) in [6.45, 7) is 0. The molecule has 1 saturated carbocycles. The highest BCUT2D eigenvalue weighted by atomic mass is 32.2. The molecule has 2 N–H and O–H groups in total. The van der Waals surface area contributed by atoms with Crippen molar-refractivity contribution < 1.29 is 4.79 Å². The van der Waals surface area contributed by atoms with E-state index in [9.17, 15) is 4.79 Å². The number of aliphatic imine (C=N–C) groups is 1. The van der Waals surface area contributed by atoms with Gasteiger partial charge in [-0.1, -0.05) is 49.6 Å². The number of rotatable bonds is 3. The number of carbonyl (C=O) groups excluding carboxylic acids is 1. The fraction of sp³-hybridized carbons (Fsp3) is 0.471. The molecule has 5 nitrogen and oxygen atoms in total. The third-order valence-corrected chi connectivity index (χ3v) is 4.50.